The number of thioether (sulfide) groups is 1. The number of aromatic nitrogens is 1. The topological polar surface area (TPSA) is 68.0 Å². The van der Waals surface area contributed by atoms with Crippen LogP contribution in [-0.2, 0) is 0 Å². The molecule has 1 fully saturated rings. The Bertz CT molecular complexity index is 620. The maximum absolute atomic E-state index is 12.2. The van der Waals surface area contributed by atoms with Crippen LogP contribution in [0.2, 0.25) is 0 Å². The van der Waals surface area contributed by atoms with Crippen molar-refractivity contribution in [1.82, 2.24) is 10.3 Å². The minimum atomic E-state index is -0.00922. The fourth-order valence-corrected chi connectivity index (χ4v) is 4.37. The fraction of sp³-hybridized carbons (Fsp3) is 0.429. The second-order valence-electron chi connectivity index (χ2n) is 4.93. The third kappa shape index (κ3) is 3.07. The van der Waals surface area contributed by atoms with Crippen molar-refractivity contribution in [3.63, 3.8) is 0 Å². The van der Waals surface area contributed by atoms with E-state index in [-0.39, 0.29) is 5.91 Å². The number of nitrogens with two attached hydrogens (primary N) is 1. The van der Waals surface area contributed by atoms with Gasteiger partial charge >= 0.3 is 0 Å². The summed E-state index contributed by atoms with van der Waals surface area (Å²) in [7, 11) is 0. The first-order chi connectivity index (χ1) is 9.72. The van der Waals surface area contributed by atoms with Crippen molar-refractivity contribution in [2.75, 3.05) is 18.0 Å². The number of anilines is 1. The number of nitrogen functional groups attached to an aromatic ring is 1. The van der Waals surface area contributed by atoms with Gasteiger partial charge in [-0.25, -0.2) is 4.98 Å². The summed E-state index contributed by atoms with van der Waals surface area (Å²) in [5.41, 5.74) is 7.21. The van der Waals surface area contributed by atoms with Gasteiger partial charge in [0.2, 0.25) is 0 Å². The van der Waals surface area contributed by atoms with Crippen molar-refractivity contribution in [2.45, 2.75) is 24.5 Å². The molecular formula is C14H17N3OS2. The van der Waals surface area contributed by atoms with E-state index in [0.717, 1.165) is 16.8 Å². The number of fused-ring (bicyclic) bond motifs is 1. The van der Waals surface area contributed by atoms with Gasteiger partial charge in [-0.05, 0) is 36.8 Å². The van der Waals surface area contributed by atoms with Gasteiger partial charge in [0.05, 0.1) is 10.2 Å². The Labute approximate surface area is 126 Å². The molecule has 3 N–H and O–H groups in total. The van der Waals surface area contributed by atoms with Crippen LogP contribution in [0.5, 0.6) is 0 Å². The Hall–Kier alpha value is -1.27. The Morgan fingerprint density at radius 3 is 3.15 bits per heavy atom. The third-order valence-electron chi connectivity index (χ3n) is 3.43. The lowest BCUT2D eigenvalue weighted by atomic mass is 10.1. The summed E-state index contributed by atoms with van der Waals surface area (Å²) in [5, 5.41) is 4.14. The largest absolute Gasteiger partial charge is 0.375 e. The first kappa shape index (κ1) is 13.7. The first-order valence-electron chi connectivity index (χ1n) is 6.78. The Balaban J connectivity index is 1.65. The molecule has 1 unspecified atom stereocenters. The number of carbonyl (C=O) groups excluding carboxylic acids is 1. The molecule has 106 valence electrons. The van der Waals surface area contributed by atoms with Crippen molar-refractivity contribution in [3.05, 3.63) is 23.8 Å². The molecule has 1 amide bonds. The van der Waals surface area contributed by atoms with Gasteiger partial charge in [0, 0.05) is 17.4 Å². The maximum Gasteiger partial charge on any atom is 0.251 e. The summed E-state index contributed by atoms with van der Waals surface area (Å²) in [6.45, 7) is 0.756. The summed E-state index contributed by atoms with van der Waals surface area (Å²) in [4.78, 5) is 16.4. The van der Waals surface area contributed by atoms with Crippen LogP contribution < -0.4 is 11.1 Å². The fourth-order valence-electron chi connectivity index (χ4n) is 2.36. The van der Waals surface area contributed by atoms with Gasteiger partial charge in [-0.2, -0.15) is 11.8 Å². The number of benzene rings is 1. The lowest BCUT2D eigenvalue weighted by molar-refractivity contribution is 0.0953. The number of nitrogens with one attached hydrogen (secondary N) is 1. The molecule has 1 aliphatic heterocycles. The SMILES string of the molecule is Nc1nc2ccc(C(=O)NCC3CCCCS3)cc2s1. The normalized spacial score (nSPS) is 19.1. The van der Waals surface area contributed by atoms with Gasteiger partial charge in [-0.3, -0.25) is 4.79 Å². The van der Waals surface area contributed by atoms with Gasteiger partial charge in [0.15, 0.2) is 5.13 Å². The summed E-state index contributed by atoms with van der Waals surface area (Å²) in [6, 6.07) is 5.53. The van der Waals surface area contributed by atoms with E-state index in [1.807, 2.05) is 30.0 Å². The molecule has 20 heavy (non-hydrogen) atoms. The van der Waals surface area contributed by atoms with Crippen molar-refractivity contribution >= 4 is 44.4 Å². The third-order valence-corrected chi connectivity index (χ3v) is 5.68. The minimum Gasteiger partial charge on any atom is -0.375 e. The molecular weight excluding hydrogens is 290 g/mol. The van der Waals surface area contributed by atoms with E-state index in [2.05, 4.69) is 10.3 Å². The minimum absolute atomic E-state index is 0.00922. The van der Waals surface area contributed by atoms with Gasteiger partial charge < -0.3 is 11.1 Å². The van der Waals surface area contributed by atoms with Gasteiger partial charge in [0.25, 0.3) is 5.91 Å². The molecule has 3 rings (SSSR count). The standard InChI is InChI=1S/C14H17N3OS2/c15-14-17-11-5-4-9(7-12(11)20-14)13(18)16-8-10-3-1-2-6-19-10/h4-5,7,10H,1-3,6,8H2,(H2,15,17)(H,16,18). The molecule has 1 aromatic heterocycles. The molecule has 0 saturated carbocycles. The molecule has 4 nitrogen and oxygen atoms in total. The Morgan fingerprint density at radius 1 is 1.45 bits per heavy atom. The van der Waals surface area contributed by atoms with Crippen molar-refractivity contribution < 1.29 is 4.79 Å². The van der Waals surface area contributed by atoms with E-state index in [0.29, 0.717) is 15.9 Å². The molecule has 0 bridgehead atoms. The molecule has 1 aliphatic rings. The number of rotatable bonds is 3. The van der Waals surface area contributed by atoms with Crippen molar-refractivity contribution in [2.24, 2.45) is 0 Å². The molecule has 0 aliphatic carbocycles. The maximum atomic E-state index is 12.2. The molecule has 1 aromatic carbocycles. The van der Waals surface area contributed by atoms with Gasteiger partial charge in [-0.15, -0.1) is 0 Å². The van der Waals surface area contributed by atoms with Crippen LogP contribution in [-0.4, -0.2) is 28.4 Å². The second kappa shape index (κ2) is 6.01. The predicted molar refractivity (Wildman–Crippen MR) is 86.5 cm³/mol. The summed E-state index contributed by atoms with van der Waals surface area (Å²) in [6.07, 6.45) is 3.79. The number of carbonyl (C=O) groups is 1. The number of hydrogen-bond acceptors (Lipinski definition) is 5. The van der Waals surface area contributed by atoms with Gasteiger partial charge in [0.1, 0.15) is 0 Å². The van der Waals surface area contributed by atoms with E-state index in [9.17, 15) is 4.79 Å². The average Bonchev–Trinajstić information content (AvgIpc) is 2.85. The van der Waals surface area contributed by atoms with Crippen molar-refractivity contribution in [3.8, 4) is 0 Å². The van der Waals surface area contributed by atoms with Crippen LogP contribution in [0.4, 0.5) is 5.13 Å². The van der Waals surface area contributed by atoms with Crippen LogP contribution in [0.15, 0.2) is 18.2 Å². The predicted octanol–water partition coefficient (Wildman–Crippen LogP) is 2.89. The number of hydrogen-bond donors (Lipinski definition) is 2. The molecule has 1 atom stereocenters. The number of thiazole rings is 1. The first-order valence-corrected chi connectivity index (χ1v) is 8.65. The van der Waals surface area contributed by atoms with Crippen molar-refractivity contribution in [1.29, 1.82) is 0 Å². The zero-order chi connectivity index (χ0) is 13.9. The van der Waals surface area contributed by atoms with E-state index >= 15 is 0 Å². The number of amides is 1. The van der Waals surface area contributed by atoms with E-state index in [1.54, 1.807) is 0 Å². The highest BCUT2D eigenvalue weighted by molar-refractivity contribution is 7.99. The average molecular weight is 307 g/mol. The van der Waals surface area contributed by atoms with Crippen LogP contribution in [0.25, 0.3) is 10.2 Å². The van der Waals surface area contributed by atoms with E-state index < -0.39 is 0 Å². The molecule has 6 heteroatoms. The van der Waals surface area contributed by atoms with Crippen LogP contribution in [0.3, 0.4) is 0 Å². The highest BCUT2D eigenvalue weighted by Crippen LogP contribution is 2.25. The highest BCUT2D eigenvalue weighted by Gasteiger charge is 2.15. The zero-order valence-corrected chi connectivity index (χ0v) is 12.7. The van der Waals surface area contributed by atoms with Crippen LogP contribution in [0, 0.1) is 0 Å². The second-order valence-corrected chi connectivity index (χ2v) is 7.40. The zero-order valence-electron chi connectivity index (χ0n) is 11.1. The lowest BCUT2D eigenvalue weighted by Crippen LogP contribution is -2.31. The van der Waals surface area contributed by atoms with Gasteiger partial charge in [-0.1, -0.05) is 17.8 Å². The molecule has 2 heterocycles. The lowest BCUT2D eigenvalue weighted by Gasteiger charge is -2.21. The number of nitrogens with zero attached hydrogens (tertiary/aromatic N) is 1. The smallest absolute Gasteiger partial charge is 0.251 e. The summed E-state index contributed by atoms with van der Waals surface area (Å²) >= 11 is 3.38. The van der Waals surface area contributed by atoms with E-state index in [1.165, 1.54) is 36.4 Å². The highest BCUT2D eigenvalue weighted by atomic mass is 32.2. The Kier molecular flexibility index (Phi) is 4.12. The van der Waals surface area contributed by atoms with Crippen LogP contribution in [0.1, 0.15) is 29.6 Å². The molecule has 1 saturated heterocycles. The van der Waals surface area contributed by atoms with E-state index in [4.69, 9.17) is 5.73 Å². The monoisotopic (exact) mass is 307 g/mol. The van der Waals surface area contributed by atoms with Crippen LogP contribution >= 0.6 is 23.1 Å². The summed E-state index contributed by atoms with van der Waals surface area (Å²) < 4.78 is 0.960. The Morgan fingerprint density at radius 2 is 2.35 bits per heavy atom. The molecule has 2 aromatic rings. The summed E-state index contributed by atoms with van der Waals surface area (Å²) in [5.74, 6) is 1.21. The molecule has 0 spiro atoms. The molecule has 0 radical (unpaired) electrons. The quantitative estimate of drug-likeness (QED) is 0.915.